The number of hydrogen-bond donors (Lipinski definition) is 0. The standard InChI is InChI=1S/C16H26N2O3S/c1-11(15-17-9-13(21-15)16(2,3)4)18-6-7-22-10-12(18)8-14(19)20-5/h9,11-12H,6-8,10H2,1-5H3/t11-,12-/m1/s1. The maximum atomic E-state index is 11.6. The molecule has 0 radical (unpaired) electrons. The normalized spacial score (nSPS) is 21.6. The first-order valence-corrected chi connectivity index (χ1v) is 8.85. The number of carbonyl (C=O) groups excluding carboxylic acids is 1. The lowest BCUT2D eigenvalue weighted by Gasteiger charge is -2.37. The molecule has 0 N–H and O–H groups in total. The zero-order valence-electron chi connectivity index (χ0n) is 14.1. The van der Waals surface area contributed by atoms with Crippen LogP contribution in [0, 0.1) is 0 Å². The van der Waals surface area contributed by atoms with Crippen LogP contribution < -0.4 is 0 Å². The number of nitrogens with zero attached hydrogens (tertiary/aromatic N) is 2. The van der Waals surface area contributed by atoms with Gasteiger partial charge in [-0.2, -0.15) is 11.8 Å². The monoisotopic (exact) mass is 326 g/mol. The van der Waals surface area contributed by atoms with Crippen molar-refractivity contribution < 1.29 is 13.9 Å². The minimum absolute atomic E-state index is 0.0475. The minimum Gasteiger partial charge on any atom is -0.469 e. The second kappa shape index (κ2) is 7.04. The van der Waals surface area contributed by atoms with Gasteiger partial charge in [-0.3, -0.25) is 9.69 Å². The fraction of sp³-hybridized carbons (Fsp3) is 0.750. The Morgan fingerprint density at radius 1 is 1.59 bits per heavy atom. The van der Waals surface area contributed by atoms with Crippen LogP contribution in [0.1, 0.15) is 51.8 Å². The molecule has 2 heterocycles. The summed E-state index contributed by atoms with van der Waals surface area (Å²) in [5.41, 5.74) is -0.0475. The van der Waals surface area contributed by atoms with Gasteiger partial charge >= 0.3 is 5.97 Å². The molecule has 0 aromatic carbocycles. The molecular weight excluding hydrogens is 300 g/mol. The average molecular weight is 326 g/mol. The first-order chi connectivity index (χ1) is 10.3. The van der Waals surface area contributed by atoms with Crippen molar-refractivity contribution in [3.05, 3.63) is 17.8 Å². The summed E-state index contributed by atoms with van der Waals surface area (Å²) in [5, 5.41) is 0. The van der Waals surface area contributed by atoms with Gasteiger partial charge in [-0.05, 0) is 6.92 Å². The molecule has 1 aromatic heterocycles. The maximum absolute atomic E-state index is 11.6. The number of carbonyl (C=O) groups is 1. The van der Waals surface area contributed by atoms with Crippen LogP contribution >= 0.6 is 11.8 Å². The van der Waals surface area contributed by atoms with E-state index in [1.54, 1.807) is 0 Å². The molecule has 0 unspecified atom stereocenters. The molecular formula is C16H26N2O3S. The Kier molecular flexibility index (Phi) is 5.55. The van der Waals surface area contributed by atoms with Gasteiger partial charge in [0.15, 0.2) is 0 Å². The lowest BCUT2D eigenvalue weighted by Crippen LogP contribution is -2.45. The van der Waals surface area contributed by atoms with Gasteiger partial charge in [0.1, 0.15) is 5.76 Å². The molecule has 0 spiro atoms. The molecule has 5 nitrogen and oxygen atoms in total. The predicted octanol–water partition coefficient (Wildman–Crippen LogP) is 3.01. The first-order valence-electron chi connectivity index (χ1n) is 7.69. The van der Waals surface area contributed by atoms with Crippen LogP contribution in [0.2, 0.25) is 0 Å². The summed E-state index contributed by atoms with van der Waals surface area (Å²) in [6, 6.07) is 0.234. The number of methoxy groups -OCH3 is 1. The summed E-state index contributed by atoms with van der Waals surface area (Å²) in [7, 11) is 1.44. The Morgan fingerprint density at radius 3 is 2.91 bits per heavy atom. The van der Waals surface area contributed by atoms with Gasteiger partial charge < -0.3 is 9.15 Å². The predicted molar refractivity (Wildman–Crippen MR) is 88.1 cm³/mol. The van der Waals surface area contributed by atoms with Crippen molar-refractivity contribution in [3.63, 3.8) is 0 Å². The Balaban J connectivity index is 2.13. The van der Waals surface area contributed by atoms with E-state index in [1.807, 2.05) is 18.0 Å². The fourth-order valence-corrected chi connectivity index (χ4v) is 3.69. The Morgan fingerprint density at radius 2 is 2.32 bits per heavy atom. The highest BCUT2D eigenvalue weighted by Gasteiger charge is 2.32. The molecule has 2 atom stereocenters. The summed E-state index contributed by atoms with van der Waals surface area (Å²) in [4.78, 5) is 18.4. The van der Waals surface area contributed by atoms with Crippen LogP contribution in [0.25, 0.3) is 0 Å². The summed E-state index contributed by atoms with van der Waals surface area (Å²) >= 11 is 1.88. The molecule has 22 heavy (non-hydrogen) atoms. The van der Waals surface area contributed by atoms with Crippen molar-refractivity contribution in [1.29, 1.82) is 0 Å². The molecule has 1 aliphatic heterocycles. The van der Waals surface area contributed by atoms with E-state index < -0.39 is 0 Å². The molecule has 1 aliphatic rings. The number of ether oxygens (including phenoxy) is 1. The van der Waals surface area contributed by atoms with Gasteiger partial charge in [0.25, 0.3) is 0 Å². The zero-order valence-corrected chi connectivity index (χ0v) is 14.9. The van der Waals surface area contributed by atoms with Gasteiger partial charge in [0, 0.05) is 29.5 Å². The highest BCUT2D eigenvalue weighted by atomic mass is 32.2. The van der Waals surface area contributed by atoms with Crippen molar-refractivity contribution in [2.24, 2.45) is 0 Å². The molecule has 6 heteroatoms. The van der Waals surface area contributed by atoms with Gasteiger partial charge in [0.2, 0.25) is 5.89 Å². The van der Waals surface area contributed by atoms with E-state index in [1.165, 1.54) is 7.11 Å². The molecule has 124 valence electrons. The number of thioether (sulfide) groups is 1. The van der Waals surface area contributed by atoms with Crippen LogP contribution in [0.5, 0.6) is 0 Å². The van der Waals surface area contributed by atoms with Crippen LogP contribution in [0.3, 0.4) is 0 Å². The Bertz CT molecular complexity index is 510. The Labute approximate surface area is 136 Å². The minimum atomic E-state index is -0.160. The summed E-state index contributed by atoms with van der Waals surface area (Å²) < 4.78 is 10.8. The lowest BCUT2D eigenvalue weighted by atomic mass is 9.94. The van der Waals surface area contributed by atoms with Crippen molar-refractivity contribution in [1.82, 2.24) is 9.88 Å². The fourth-order valence-electron chi connectivity index (χ4n) is 2.60. The smallest absolute Gasteiger partial charge is 0.307 e. The molecule has 0 aliphatic carbocycles. The molecule has 2 rings (SSSR count). The third-order valence-corrected chi connectivity index (χ3v) is 5.11. The van der Waals surface area contributed by atoms with E-state index in [2.05, 4.69) is 37.6 Å². The Hall–Kier alpha value is -1.01. The van der Waals surface area contributed by atoms with Crippen LogP contribution in [-0.2, 0) is 14.9 Å². The summed E-state index contributed by atoms with van der Waals surface area (Å²) in [5.74, 6) is 3.46. The van der Waals surface area contributed by atoms with E-state index in [4.69, 9.17) is 9.15 Å². The van der Waals surface area contributed by atoms with E-state index in [0.717, 1.165) is 29.7 Å². The van der Waals surface area contributed by atoms with E-state index in [9.17, 15) is 4.79 Å². The molecule has 0 saturated carbocycles. The van der Waals surface area contributed by atoms with Crippen LogP contribution in [-0.4, -0.2) is 47.1 Å². The number of rotatable bonds is 4. The van der Waals surface area contributed by atoms with E-state index >= 15 is 0 Å². The largest absolute Gasteiger partial charge is 0.469 e. The number of aromatic nitrogens is 1. The SMILES string of the molecule is COC(=O)C[C@@H]1CSCCN1[C@H](C)c1ncc(C(C)(C)C)o1. The quantitative estimate of drug-likeness (QED) is 0.793. The van der Waals surface area contributed by atoms with Gasteiger partial charge in [0.05, 0.1) is 25.8 Å². The van der Waals surface area contributed by atoms with Gasteiger partial charge in [-0.25, -0.2) is 4.98 Å². The molecule has 1 aromatic rings. The lowest BCUT2D eigenvalue weighted by molar-refractivity contribution is -0.142. The third kappa shape index (κ3) is 4.04. The number of oxazole rings is 1. The first kappa shape index (κ1) is 17.3. The molecule has 0 bridgehead atoms. The average Bonchev–Trinajstić information content (AvgIpc) is 2.97. The molecule has 1 fully saturated rings. The molecule has 0 amide bonds. The zero-order chi connectivity index (χ0) is 16.3. The van der Waals surface area contributed by atoms with Crippen molar-refractivity contribution >= 4 is 17.7 Å². The van der Waals surface area contributed by atoms with Crippen LogP contribution in [0.15, 0.2) is 10.6 Å². The highest BCUT2D eigenvalue weighted by Crippen LogP contribution is 2.31. The second-order valence-electron chi connectivity index (χ2n) is 6.74. The summed E-state index contributed by atoms with van der Waals surface area (Å²) in [6.45, 7) is 9.36. The molecule has 1 saturated heterocycles. The van der Waals surface area contributed by atoms with Crippen LogP contribution in [0.4, 0.5) is 0 Å². The van der Waals surface area contributed by atoms with Gasteiger partial charge in [-0.15, -0.1) is 0 Å². The summed E-state index contributed by atoms with van der Waals surface area (Å²) in [6.07, 6.45) is 2.24. The van der Waals surface area contributed by atoms with Gasteiger partial charge in [-0.1, -0.05) is 20.8 Å². The maximum Gasteiger partial charge on any atom is 0.307 e. The van der Waals surface area contributed by atoms with E-state index in [-0.39, 0.29) is 23.5 Å². The van der Waals surface area contributed by atoms with Crippen molar-refractivity contribution in [2.75, 3.05) is 25.2 Å². The van der Waals surface area contributed by atoms with E-state index in [0.29, 0.717) is 6.42 Å². The topological polar surface area (TPSA) is 55.6 Å². The second-order valence-corrected chi connectivity index (χ2v) is 7.89. The number of esters is 1. The number of hydrogen-bond acceptors (Lipinski definition) is 6. The highest BCUT2D eigenvalue weighted by molar-refractivity contribution is 7.99. The van der Waals surface area contributed by atoms with Crippen molar-refractivity contribution in [2.45, 2.75) is 51.6 Å². The third-order valence-electron chi connectivity index (χ3n) is 4.02. The van der Waals surface area contributed by atoms with Crippen molar-refractivity contribution in [3.8, 4) is 0 Å².